The highest BCUT2D eigenvalue weighted by Crippen LogP contribution is 2.31. The average molecular weight is 296 g/mol. The highest BCUT2D eigenvalue weighted by molar-refractivity contribution is 5.90. The van der Waals surface area contributed by atoms with Gasteiger partial charge in [-0.05, 0) is 26.7 Å². The number of carbonyl (C=O) groups excluding carboxylic acids is 2. The number of carboxylic acids is 1. The number of likely N-dealkylation sites (tertiary alicyclic amines) is 1. The Hall–Kier alpha value is -1.59. The lowest BCUT2D eigenvalue weighted by atomic mass is 10.1. The Morgan fingerprint density at radius 1 is 1.33 bits per heavy atom. The minimum Gasteiger partial charge on any atom is -0.481 e. The molecule has 1 N–H and O–H groups in total. The third kappa shape index (κ3) is 3.54. The van der Waals surface area contributed by atoms with E-state index in [9.17, 15) is 14.4 Å². The van der Waals surface area contributed by atoms with Crippen molar-refractivity contribution in [3.05, 3.63) is 0 Å². The van der Waals surface area contributed by atoms with Gasteiger partial charge in [-0.3, -0.25) is 14.4 Å². The SMILES string of the molecule is CC(C)N1C[C@@H](C(=O)N(C[C@H](C)C(=O)O)C2CC2)CC1=O. The Balaban J connectivity index is 2.02. The van der Waals surface area contributed by atoms with E-state index in [1.165, 1.54) is 0 Å². The third-order valence-corrected chi connectivity index (χ3v) is 4.29. The second kappa shape index (κ2) is 6.03. The molecule has 2 amide bonds. The predicted molar refractivity (Wildman–Crippen MR) is 76.5 cm³/mol. The summed E-state index contributed by atoms with van der Waals surface area (Å²) in [7, 11) is 0. The molecule has 0 unspecified atom stereocenters. The number of rotatable bonds is 6. The lowest BCUT2D eigenvalue weighted by Gasteiger charge is -2.27. The fourth-order valence-corrected chi connectivity index (χ4v) is 2.81. The van der Waals surface area contributed by atoms with Crippen LogP contribution in [0.2, 0.25) is 0 Å². The number of carbonyl (C=O) groups is 3. The van der Waals surface area contributed by atoms with Crippen LogP contribution in [0, 0.1) is 11.8 Å². The van der Waals surface area contributed by atoms with E-state index < -0.39 is 11.9 Å². The van der Waals surface area contributed by atoms with Crippen molar-refractivity contribution < 1.29 is 19.5 Å². The van der Waals surface area contributed by atoms with E-state index in [-0.39, 0.29) is 42.8 Å². The topological polar surface area (TPSA) is 77.9 Å². The van der Waals surface area contributed by atoms with Crippen LogP contribution in [0.15, 0.2) is 0 Å². The molecule has 0 bridgehead atoms. The van der Waals surface area contributed by atoms with Gasteiger partial charge in [0.1, 0.15) is 0 Å². The summed E-state index contributed by atoms with van der Waals surface area (Å²) in [5.41, 5.74) is 0. The summed E-state index contributed by atoms with van der Waals surface area (Å²) in [5, 5.41) is 9.04. The maximum Gasteiger partial charge on any atom is 0.308 e. The first kappa shape index (κ1) is 15.8. The van der Waals surface area contributed by atoms with Gasteiger partial charge in [-0.2, -0.15) is 0 Å². The second-order valence-electron chi connectivity index (χ2n) is 6.50. The van der Waals surface area contributed by atoms with Gasteiger partial charge < -0.3 is 14.9 Å². The first-order valence-electron chi connectivity index (χ1n) is 7.64. The fraction of sp³-hybridized carbons (Fsp3) is 0.800. The van der Waals surface area contributed by atoms with Crippen LogP contribution < -0.4 is 0 Å². The molecule has 1 saturated heterocycles. The number of amides is 2. The predicted octanol–water partition coefficient (Wildman–Crippen LogP) is 0.955. The number of aliphatic carboxylic acids is 1. The van der Waals surface area contributed by atoms with Crippen molar-refractivity contribution in [2.24, 2.45) is 11.8 Å². The summed E-state index contributed by atoms with van der Waals surface area (Å²) >= 11 is 0. The molecule has 0 aromatic carbocycles. The summed E-state index contributed by atoms with van der Waals surface area (Å²) in [6.45, 7) is 6.20. The average Bonchev–Trinajstić information content (AvgIpc) is 3.16. The molecule has 0 aromatic heterocycles. The fourth-order valence-electron chi connectivity index (χ4n) is 2.81. The quantitative estimate of drug-likeness (QED) is 0.792. The van der Waals surface area contributed by atoms with E-state index in [2.05, 4.69) is 0 Å². The molecule has 2 fully saturated rings. The Bertz CT molecular complexity index is 445. The minimum atomic E-state index is -0.889. The standard InChI is InChI=1S/C15H24N2O4/c1-9(2)16-8-11(6-13(16)18)14(19)17(12-4-5-12)7-10(3)15(20)21/h9-12H,4-8H2,1-3H3,(H,20,21)/t10-,11-/m0/s1. The molecule has 2 aliphatic rings. The highest BCUT2D eigenvalue weighted by atomic mass is 16.4. The summed E-state index contributed by atoms with van der Waals surface area (Å²) in [6, 6.07) is 0.269. The molecule has 1 heterocycles. The monoisotopic (exact) mass is 296 g/mol. The van der Waals surface area contributed by atoms with Crippen molar-refractivity contribution >= 4 is 17.8 Å². The number of carboxylic acid groups (broad SMARTS) is 1. The molecule has 1 aliphatic carbocycles. The Kier molecular flexibility index (Phi) is 4.54. The molecule has 0 radical (unpaired) electrons. The summed E-state index contributed by atoms with van der Waals surface area (Å²) in [6.07, 6.45) is 2.13. The van der Waals surface area contributed by atoms with Crippen molar-refractivity contribution in [1.82, 2.24) is 9.80 Å². The largest absolute Gasteiger partial charge is 0.481 e. The first-order valence-corrected chi connectivity index (χ1v) is 7.64. The van der Waals surface area contributed by atoms with E-state index in [1.807, 2.05) is 13.8 Å². The zero-order chi connectivity index (χ0) is 15.7. The first-order chi connectivity index (χ1) is 9.81. The number of hydrogen-bond acceptors (Lipinski definition) is 3. The lowest BCUT2D eigenvalue weighted by molar-refractivity contribution is -0.144. The van der Waals surface area contributed by atoms with Gasteiger partial charge in [-0.15, -0.1) is 0 Å². The van der Waals surface area contributed by atoms with Crippen molar-refractivity contribution in [3.63, 3.8) is 0 Å². The third-order valence-electron chi connectivity index (χ3n) is 4.29. The minimum absolute atomic E-state index is 0.0189. The van der Waals surface area contributed by atoms with Crippen LogP contribution >= 0.6 is 0 Å². The van der Waals surface area contributed by atoms with E-state index in [0.717, 1.165) is 12.8 Å². The normalized spacial score (nSPS) is 23.5. The van der Waals surface area contributed by atoms with Crippen LogP contribution in [0.1, 0.15) is 40.0 Å². The van der Waals surface area contributed by atoms with E-state index in [1.54, 1.807) is 16.7 Å². The molecular weight excluding hydrogens is 272 g/mol. The molecule has 2 rings (SSSR count). The molecular formula is C15H24N2O4. The molecule has 2 atom stereocenters. The molecule has 1 aliphatic heterocycles. The van der Waals surface area contributed by atoms with Crippen LogP contribution in [-0.2, 0) is 14.4 Å². The lowest BCUT2D eigenvalue weighted by Crippen LogP contribution is -2.43. The molecule has 118 valence electrons. The Morgan fingerprint density at radius 2 is 1.95 bits per heavy atom. The number of nitrogens with zero attached hydrogens (tertiary/aromatic N) is 2. The maximum absolute atomic E-state index is 12.7. The van der Waals surface area contributed by atoms with Gasteiger partial charge in [0.2, 0.25) is 11.8 Å². The zero-order valence-corrected chi connectivity index (χ0v) is 12.9. The van der Waals surface area contributed by atoms with Crippen LogP contribution in [-0.4, -0.2) is 57.9 Å². The van der Waals surface area contributed by atoms with Crippen LogP contribution in [0.25, 0.3) is 0 Å². The Labute approximate surface area is 125 Å². The number of hydrogen-bond donors (Lipinski definition) is 1. The zero-order valence-electron chi connectivity index (χ0n) is 12.9. The van der Waals surface area contributed by atoms with Gasteiger partial charge in [0, 0.05) is 31.6 Å². The van der Waals surface area contributed by atoms with Crippen molar-refractivity contribution in [2.75, 3.05) is 13.1 Å². The smallest absolute Gasteiger partial charge is 0.308 e. The van der Waals surface area contributed by atoms with E-state index in [4.69, 9.17) is 5.11 Å². The van der Waals surface area contributed by atoms with Crippen LogP contribution in [0.5, 0.6) is 0 Å². The van der Waals surface area contributed by atoms with Crippen molar-refractivity contribution in [1.29, 1.82) is 0 Å². The molecule has 0 aromatic rings. The maximum atomic E-state index is 12.7. The summed E-state index contributed by atoms with van der Waals surface area (Å²) in [4.78, 5) is 39.0. The molecule has 6 nitrogen and oxygen atoms in total. The summed E-state index contributed by atoms with van der Waals surface area (Å²) < 4.78 is 0. The molecule has 21 heavy (non-hydrogen) atoms. The second-order valence-corrected chi connectivity index (χ2v) is 6.50. The van der Waals surface area contributed by atoms with Crippen molar-refractivity contribution in [2.45, 2.75) is 52.1 Å². The molecule has 1 saturated carbocycles. The van der Waals surface area contributed by atoms with Gasteiger partial charge in [0.15, 0.2) is 0 Å². The van der Waals surface area contributed by atoms with E-state index in [0.29, 0.717) is 6.54 Å². The van der Waals surface area contributed by atoms with Gasteiger partial charge in [0.25, 0.3) is 0 Å². The van der Waals surface area contributed by atoms with Crippen LogP contribution in [0.4, 0.5) is 0 Å². The molecule has 6 heteroatoms. The Morgan fingerprint density at radius 3 is 2.38 bits per heavy atom. The highest BCUT2D eigenvalue weighted by Gasteiger charge is 2.42. The van der Waals surface area contributed by atoms with Gasteiger partial charge in [-0.1, -0.05) is 6.92 Å². The van der Waals surface area contributed by atoms with Gasteiger partial charge >= 0.3 is 5.97 Å². The van der Waals surface area contributed by atoms with Gasteiger partial charge in [0.05, 0.1) is 11.8 Å². The van der Waals surface area contributed by atoms with Crippen LogP contribution in [0.3, 0.4) is 0 Å². The van der Waals surface area contributed by atoms with Crippen molar-refractivity contribution in [3.8, 4) is 0 Å². The summed E-state index contributed by atoms with van der Waals surface area (Å²) in [5.74, 6) is -1.82. The van der Waals surface area contributed by atoms with Gasteiger partial charge in [-0.25, -0.2) is 0 Å². The molecule has 0 spiro atoms. The van der Waals surface area contributed by atoms with E-state index >= 15 is 0 Å².